The Bertz CT molecular complexity index is 427. The van der Waals surface area contributed by atoms with Gasteiger partial charge in [0.25, 0.3) is 0 Å². The summed E-state index contributed by atoms with van der Waals surface area (Å²) >= 11 is 0. The van der Waals surface area contributed by atoms with Crippen LogP contribution >= 0.6 is 0 Å². The molecule has 6 heteroatoms. The van der Waals surface area contributed by atoms with E-state index in [2.05, 4.69) is 11.8 Å². The Morgan fingerprint density at radius 2 is 2.26 bits per heavy atom. The second-order valence-corrected chi connectivity index (χ2v) is 4.87. The Balaban J connectivity index is 2.10. The van der Waals surface area contributed by atoms with Crippen LogP contribution in [0, 0.1) is 0 Å². The molecule has 1 fully saturated rings. The Kier molecular flexibility index (Phi) is 4.82. The van der Waals surface area contributed by atoms with E-state index >= 15 is 0 Å². The molecule has 0 saturated carbocycles. The van der Waals surface area contributed by atoms with E-state index in [9.17, 15) is 10.0 Å². The van der Waals surface area contributed by atoms with Crippen molar-refractivity contribution >= 4 is 12.6 Å². The van der Waals surface area contributed by atoms with Gasteiger partial charge in [-0.15, -0.1) is 0 Å². The van der Waals surface area contributed by atoms with Crippen LogP contribution in [0.15, 0.2) is 18.2 Å². The summed E-state index contributed by atoms with van der Waals surface area (Å²) in [5.74, 6) is 0.495. The van der Waals surface area contributed by atoms with Gasteiger partial charge in [0.1, 0.15) is 5.75 Å². The van der Waals surface area contributed by atoms with Crippen LogP contribution in [0.2, 0.25) is 0 Å². The molecule has 1 saturated heterocycles. The summed E-state index contributed by atoms with van der Waals surface area (Å²) in [6.07, 6.45) is 0.245. The fourth-order valence-corrected chi connectivity index (χ4v) is 2.38. The van der Waals surface area contributed by atoms with Crippen molar-refractivity contribution in [2.75, 3.05) is 26.8 Å². The molecule has 2 N–H and O–H groups in total. The summed E-state index contributed by atoms with van der Waals surface area (Å²) < 4.78 is 10.6. The molecule has 104 valence electrons. The monoisotopic (exact) mass is 265 g/mol. The predicted molar refractivity (Wildman–Crippen MR) is 73.5 cm³/mol. The van der Waals surface area contributed by atoms with Gasteiger partial charge in [-0.1, -0.05) is 12.1 Å². The zero-order chi connectivity index (χ0) is 13.8. The smallest absolute Gasteiger partial charge is 0.492 e. The first-order valence-electron chi connectivity index (χ1n) is 6.47. The molecule has 1 aromatic rings. The van der Waals surface area contributed by atoms with Gasteiger partial charge in [0.05, 0.1) is 19.8 Å². The van der Waals surface area contributed by atoms with Gasteiger partial charge in [0.2, 0.25) is 0 Å². The first kappa shape index (κ1) is 14.3. The van der Waals surface area contributed by atoms with E-state index in [0.29, 0.717) is 11.2 Å². The third-order valence-corrected chi connectivity index (χ3v) is 3.30. The average molecular weight is 265 g/mol. The summed E-state index contributed by atoms with van der Waals surface area (Å²) in [7, 11) is 0.00313. The third kappa shape index (κ3) is 3.70. The van der Waals surface area contributed by atoms with E-state index < -0.39 is 7.12 Å². The fourth-order valence-electron chi connectivity index (χ4n) is 2.38. The number of rotatable bonds is 4. The first-order valence-corrected chi connectivity index (χ1v) is 6.47. The maximum Gasteiger partial charge on any atom is 0.492 e. The van der Waals surface area contributed by atoms with Crippen molar-refractivity contribution in [3.05, 3.63) is 23.8 Å². The van der Waals surface area contributed by atoms with E-state index in [4.69, 9.17) is 9.47 Å². The van der Waals surface area contributed by atoms with Gasteiger partial charge in [-0.25, -0.2) is 0 Å². The van der Waals surface area contributed by atoms with Crippen LogP contribution in [0.4, 0.5) is 0 Å². The quantitative estimate of drug-likeness (QED) is 0.725. The van der Waals surface area contributed by atoms with Crippen molar-refractivity contribution in [1.29, 1.82) is 0 Å². The molecule has 5 nitrogen and oxygen atoms in total. The minimum Gasteiger partial charge on any atom is -0.497 e. The maximum absolute atomic E-state index is 9.35. The number of methoxy groups -OCH3 is 1. The van der Waals surface area contributed by atoms with Gasteiger partial charge in [-0.05, 0) is 18.6 Å². The van der Waals surface area contributed by atoms with Crippen molar-refractivity contribution in [1.82, 2.24) is 4.90 Å². The molecule has 1 aliphatic heterocycles. The molecule has 0 radical (unpaired) electrons. The van der Waals surface area contributed by atoms with E-state index in [1.54, 1.807) is 12.1 Å². The van der Waals surface area contributed by atoms with Crippen molar-refractivity contribution in [3.63, 3.8) is 0 Å². The number of hydrogen-bond acceptors (Lipinski definition) is 5. The van der Waals surface area contributed by atoms with E-state index in [0.717, 1.165) is 31.8 Å². The lowest BCUT2D eigenvalue weighted by atomic mass is 9.78. The van der Waals surface area contributed by atoms with Gasteiger partial charge in [0.15, 0.2) is 0 Å². The molecule has 0 bridgehead atoms. The molecule has 1 heterocycles. The highest BCUT2D eigenvalue weighted by Crippen LogP contribution is 2.14. The summed E-state index contributed by atoms with van der Waals surface area (Å²) in [6, 6.07) is 5.50. The molecular weight excluding hydrogens is 245 g/mol. The number of nitrogens with zero attached hydrogens (tertiary/aromatic N) is 1. The maximum atomic E-state index is 9.35. The highest BCUT2D eigenvalue weighted by Gasteiger charge is 2.20. The Morgan fingerprint density at radius 1 is 1.47 bits per heavy atom. The SMILES string of the molecule is COc1ccc(CN2CCOC(C)C2)cc1B(O)O. The van der Waals surface area contributed by atoms with Crippen molar-refractivity contribution in [3.8, 4) is 5.75 Å². The van der Waals surface area contributed by atoms with Crippen molar-refractivity contribution < 1.29 is 19.5 Å². The van der Waals surface area contributed by atoms with Crippen LogP contribution in [0.3, 0.4) is 0 Å². The summed E-state index contributed by atoms with van der Waals surface area (Å²) in [4.78, 5) is 2.30. The molecule has 0 spiro atoms. The molecule has 1 aliphatic rings. The molecular formula is C13H20BNO4. The van der Waals surface area contributed by atoms with Gasteiger partial charge in [-0.3, -0.25) is 4.90 Å². The summed E-state index contributed by atoms with van der Waals surface area (Å²) in [6.45, 7) is 5.36. The Labute approximate surface area is 113 Å². The Hall–Kier alpha value is -1.08. The minimum atomic E-state index is -1.52. The minimum absolute atomic E-state index is 0.245. The van der Waals surface area contributed by atoms with Crippen LogP contribution in [0.1, 0.15) is 12.5 Å². The van der Waals surface area contributed by atoms with Gasteiger partial charge in [0, 0.05) is 25.1 Å². The highest BCUT2D eigenvalue weighted by atomic mass is 16.5. The van der Waals surface area contributed by atoms with E-state index in [1.165, 1.54) is 7.11 Å². The second kappa shape index (κ2) is 6.39. The van der Waals surface area contributed by atoms with Crippen LogP contribution < -0.4 is 10.2 Å². The van der Waals surface area contributed by atoms with Crippen LogP contribution in [0.5, 0.6) is 5.75 Å². The lowest BCUT2D eigenvalue weighted by Crippen LogP contribution is -2.40. The number of morpholine rings is 1. The largest absolute Gasteiger partial charge is 0.497 e. The van der Waals surface area contributed by atoms with E-state index in [-0.39, 0.29) is 6.10 Å². The normalized spacial score (nSPS) is 20.3. The standard InChI is InChI=1S/C13H20BNO4/c1-10-8-15(5-6-19-10)9-11-3-4-13(18-2)12(7-11)14(16)17/h3-4,7,10,16-17H,5-6,8-9H2,1-2H3. The van der Waals surface area contributed by atoms with Crippen LogP contribution in [-0.2, 0) is 11.3 Å². The molecule has 1 aromatic carbocycles. The Morgan fingerprint density at radius 3 is 2.89 bits per heavy atom. The zero-order valence-electron chi connectivity index (χ0n) is 11.4. The van der Waals surface area contributed by atoms with Crippen molar-refractivity contribution in [2.45, 2.75) is 19.6 Å². The van der Waals surface area contributed by atoms with Gasteiger partial charge in [-0.2, -0.15) is 0 Å². The van der Waals surface area contributed by atoms with Crippen LogP contribution in [0.25, 0.3) is 0 Å². The van der Waals surface area contributed by atoms with Gasteiger partial charge >= 0.3 is 7.12 Å². The van der Waals surface area contributed by atoms with Crippen LogP contribution in [-0.4, -0.2) is 55.0 Å². The summed E-state index contributed by atoms with van der Waals surface area (Å²) in [5, 5.41) is 18.7. The highest BCUT2D eigenvalue weighted by molar-refractivity contribution is 6.59. The average Bonchev–Trinajstić information content (AvgIpc) is 2.38. The third-order valence-electron chi connectivity index (χ3n) is 3.30. The van der Waals surface area contributed by atoms with Crippen molar-refractivity contribution in [2.24, 2.45) is 0 Å². The lowest BCUT2D eigenvalue weighted by molar-refractivity contribution is -0.0212. The van der Waals surface area contributed by atoms with E-state index in [1.807, 2.05) is 6.07 Å². The zero-order valence-corrected chi connectivity index (χ0v) is 11.4. The second-order valence-electron chi connectivity index (χ2n) is 4.87. The van der Waals surface area contributed by atoms with Gasteiger partial charge < -0.3 is 19.5 Å². The molecule has 0 amide bonds. The molecule has 2 rings (SSSR count). The number of ether oxygens (including phenoxy) is 2. The fraction of sp³-hybridized carbons (Fsp3) is 0.538. The topological polar surface area (TPSA) is 62.2 Å². The molecule has 1 unspecified atom stereocenters. The molecule has 19 heavy (non-hydrogen) atoms. The predicted octanol–water partition coefficient (Wildman–Crippen LogP) is -0.404. The molecule has 0 aromatic heterocycles. The molecule has 0 aliphatic carbocycles. The lowest BCUT2D eigenvalue weighted by Gasteiger charge is -2.31. The number of benzene rings is 1. The summed E-state index contributed by atoms with van der Waals surface area (Å²) in [5.41, 5.74) is 1.44. The first-order chi connectivity index (χ1) is 9.10. The number of hydrogen-bond donors (Lipinski definition) is 2. The molecule has 1 atom stereocenters.